The zero-order valence-electron chi connectivity index (χ0n) is 11.4. The number of carbonyl (C=O) groups excluding carboxylic acids is 1. The summed E-state index contributed by atoms with van der Waals surface area (Å²) >= 11 is 0. The molecule has 8 heteroatoms. The summed E-state index contributed by atoms with van der Waals surface area (Å²) in [7, 11) is -2.17. The molecule has 1 heterocycles. The molecule has 0 saturated heterocycles. The summed E-state index contributed by atoms with van der Waals surface area (Å²) in [6, 6.07) is 3.61. The van der Waals surface area contributed by atoms with Crippen LogP contribution in [0.1, 0.15) is 17.3 Å². The summed E-state index contributed by atoms with van der Waals surface area (Å²) in [6.45, 7) is 1.44. The van der Waals surface area contributed by atoms with Crippen molar-refractivity contribution in [3.05, 3.63) is 35.8 Å². The highest BCUT2D eigenvalue weighted by Crippen LogP contribution is 2.32. The van der Waals surface area contributed by atoms with Crippen LogP contribution >= 0.6 is 0 Å². The van der Waals surface area contributed by atoms with E-state index >= 15 is 0 Å². The summed E-state index contributed by atoms with van der Waals surface area (Å²) in [5.41, 5.74) is 0.708. The lowest BCUT2D eigenvalue weighted by molar-refractivity contribution is 0.112. The maximum absolute atomic E-state index is 13.2. The molecule has 0 aliphatic heterocycles. The van der Waals surface area contributed by atoms with Crippen LogP contribution in [-0.2, 0) is 17.2 Å². The lowest BCUT2D eigenvalue weighted by Gasteiger charge is -2.09. The Hall–Kier alpha value is -2.22. The van der Waals surface area contributed by atoms with Crippen molar-refractivity contribution in [2.45, 2.75) is 6.92 Å². The van der Waals surface area contributed by atoms with Crippen molar-refractivity contribution in [2.75, 3.05) is 5.75 Å². The minimum atomic E-state index is -3.73. The third kappa shape index (κ3) is 3.10. The molecule has 0 aliphatic carbocycles. The molecule has 0 fully saturated rings. The van der Waals surface area contributed by atoms with Crippen molar-refractivity contribution >= 4 is 16.4 Å². The van der Waals surface area contributed by atoms with Crippen molar-refractivity contribution in [1.82, 2.24) is 9.78 Å². The standard InChI is InChI=1S/C13H13FN2O4S/c1-3-21(18,19)20-12-7-15-16(2)13(12)11-5-4-10(14)6-9(11)8-17/h4-8H,3H2,1-2H3. The number of nitrogens with zero attached hydrogens (tertiary/aromatic N) is 2. The van der Waals surface area contributed by atoms with Gasteiger partial charge in [0, 0.05) is 18.2 Å². The minimum Gasteiger partial charge on any atom is -0.378 e. The van der Waals surface area contributed by atoms with Crippen LogP contribution in [0.15, 0.2) is 24.4 Å². The molecule has 0 saturated carbocycles. The first-order valence-electron chi connectivity index (χ1n) is 6.07. The van der Waals surface area contributed by atoms with Crippen LogP contribution in [0, 0.1) is 5.82 Å². The topological polar surface area (TPSA) is 78.3 Å². The SMILES string of the molecule is CCS(=O)(=O)Oc1cnn(C)c1-c1ccc(F)cc1C=O. The van der Waals surface area contributed by atoms with Gasteiger partial charge in [0.15, 0.2) is 12.0 Å². The highest BCUT2D eigenvalue weighted by Gasteiger charge is 2.20. The molecule has 0 unspecified atom stereocenters. The third-order valence-electron chi connectivity index (χ3n) is 2.87. The van der Waals surface area contributed by atoms with E-state index in [9.17, 15) is 17.6 Å². The van der Waals surface area contributed by atoms with Crippen molar-refractivity contribution in [2.24, 2.45) is 7.05 Å². The highest BCUT2D eigenvalue weighted by atomic mass is 32.2. The van der Waals surface area contributed by atoms with E-state index in [1.165, 1.54) is 29.9 Å². The minimum absolute atomic E-state index is 0.00550. The predicted molar refractivity (Wildman–Crippen MR) is 74.1 cm³/mol. The Morgan fingerprint density at radius 3 is 2.76 bits per heavy atom. The summed E-state index contributed by atoms with van der Waals surface area (Å²) in [5.74, 6) is -0.772. The molecule has 0 amide bonds. The lowest BCUT2D eigenvalue weighted by atomic mass is 10.0. The van der Waals surface area contributed by atoms with Gasteiger partial charge in [0.25, 0.3) is 0 Å². The Balaban J connectivity index is 2.60. The van der Waals surface area contributed by atoms with Crippen molar-refractivity contribution in [3.8, 4) is 17.0 Å². The molecule has 0 radical (unpaired) electrons. The Morgan fingerprint density at radius 2 is 2.14 bits per heavy atom. The number of hydrogen-bond acceptors (Lipinski definition) is 5. The molecule has 0 bridgehead atoms. The van der Waals surface area contributed by atoms with Crippen LogP contribution in [0.5, 0.6) is 5.75 Å². The normalized spacial score (nSPS) is 11.4. The van der Waals surface area contributed by atoms with E-state index in [4.69, 9.17) is 4.18 Å². The van der Waals surface area contributed by atoms with Crippen LogP contribution in [0.2, 0.25) is 0 Å². The lowest BCUT2D eigenvalue weighted by Crippen LogP contribution is -2.12. The maximum Gasteiger partial charge on any atom is 0.309 e. The van der Waals surface area contributed by atoms with E-state index < -0.39 is 15.9 Å². The third-order valence-corrected chi connectivity index (χ3v) is 4.01. The number of aromatic nitrogens is 2. The van der Waals surface area contributed by atoms with Gasteiger partial charge in [-0.15, -0.1) is 0 Å². The molecule has 112 valence electrons. The van der Waals surface area contributed by atoms with E-state index in [2.05, 4.69) is 5.10 Å². The van der Waals surface area contributed by atoms with Crippen molar-refractivity contribution in [3.63, 3.8) is 0 Å². The fourth-order valence-corrected chi connectivity index (χ4v) is 2.34. The van der Waals surface area contributed by atoms with Crippen LogP contribution in [0.3, 0.4) is 0 Å². The average Bonchev–Trinajstić information content (AvgIpc) is 2.79. The summed E-state index contributed by atoms with van der Waals surface area (Å²) < 4.78 is 42.7. The number of rotatable bonds is 5. The zero-order valence-corrected chi connectivity index (χ0v) is 12.2. The second-order valence-corrected chi connectivity index (χ2v) is 6.12. The van der Waals surface area contributed by atoms with Gasteiger partial charge in [-0.3, -0.25) is 9.48 Å². The first kappa shape index (κ1) is 15.2. The zero-order chi connectivity index (χ0) is 15.6. The molecule has 21 heavy (non-hydrogen) atoms. The van der Waals surface area contributed by atoms with Gasteiger partial charge in [-0.1, -0.05) is 0 Å². The van der Waals surface area contributed by atoms with Crippen molar-refractivity contribution < 1.29 is 21.8 Å². The molecule has 1 aromatic carbocycles. The predicted octanol–water partition coefficient (Wildman–Crippen LogP) is 1.77. The van der Waals surface area contributed by atoms with Crippen molar-refractivity contribution in [1.29, 1.82) is 0 Å². The number of carbonyl (C=O) groups is 1. The quantitative estimate of drug-likeness (QED) is 0.621. The van der Waals surface area contributed by atoms with E-state index in [1.807, 2.05) is 0 Å². The first-order valence-corrected chi connectivity index (χ1v) is 7.65. The van der Waals surface area contributed by atoms with Gasteiger partial charge < -0.3 is 4.18 Å². The number of benzene rings is 1. The van der Waals surface area contributed by atoms with Crippen LogP contribution < -0.4 is 4.18 Å². The molecule has 2 aromatic rings. The van der Waals surface area contributed by atoms with Gasteiger partial charge >= 0.3 is 10.1 Å². The van der Waals surface area contributed by atoms with Crippen LogP contribution in [0.4, 0.5) is 4.39 Å². The molecule has 0 spiro atoms. The first-order chi connectivity index (χ1) is 9.88. The Labute approximate surface area is 121 Å². The summed E-state index contributed by atoms with van der Waals surface area (Å²) in [5, 5.41) is 3.93. The average molecular weight is 312 g/mol. The van der Waals surface area contributed by atoms with Gasteiger partial charge in [0.2, 0.25) is 0 Å². The van der Waals surface area contributed by atoms with Gasteiger partial charge in [-0.05, 0) is 25.1 Å². The number of aryl methyl sites for hydroxylation is 1. The van der Waals surface area contributed by atoms with E-state index in [1.54, 1.807) is 7.05 Å². The molecular weight excluding hydrogens is 299 g/mol. The molecule has 2 rings (SSSR count). The molecule has 0 aliphatic rings. The Bertz CT molecular complexity index is 783. The molecule has 0 atom stereocenters. The molecular formula is C13H13FN2O4S. The largest absolute Gasteiger partial charge is 0.378 e. The smallest absolute Gasteiger partial charge is 0.309 e. The van der Waals surface area contributed by atoms with Gasteiger partial charge in [-0.25, -0.2) is 4.39 Å². The molecule has 6 nitrogen and oxygen atoms in total. The summed E-state index contributed by atoms with van der Waals surface area (Å²) in [6.07, 6.45) is 1.73. The van der Waals surface area contributed by atoms with Gasteiger partial charge in [0.1, 0.15) is 11.5 Å². The fraction of sp³-hybridized carbons (Fsp3) is 0.231. The fourth-order valence-electron chi connectivity index (χ4n) is 1.83. The van der Waals surface area contributed by atoms with E-state index in [0.717, 1.165) is 6.07 Å². The number of aldehydes is 1. The highest BCUT2D eigenvalue weighted by molar-refractivity contribution is 7.87. The Morgan fingerprint density at radius 1 is 1.43 bits per heavy atom. The van der Waals surface area contributed by atoms with Crippen LogP contribution in [0.25, 0.3) is 11.3 Å². The maximum atomic E-state index is 13.2. The molecule has 0 N–H and O–H groups in total. The second kappa shape index (κ2) is 5.65. The van der Waals surface area contributed by atoms with Gasteiger partial charge in [0.05, 0.1) is 11.9 Å². The van der Waals surface area contributed by atoms with Gasteiger partial charge in [-0.2, -0.15) is 13.5 Å². The number of hydrogen-bond donors (Lipinski definition) is 0. The van der Waals surface area contributed by atoms with E-state index in [0.29, 0.717) is 11.8 Å². The summed E-state index contributed by atoms with van der Waals surface area (Å²) in [4.78, 5) is 11.1. The molecule has 1 aromatic heterocycles. The second-order valence-electron chi connectivity index (χ2n) is 4.26. The van der Waals surface area contributed by atoms with E-state index in [-0.39, 0.29) is 22.8 Å². The van der Waals surface area contributed by atoms with Crippen LogP contribution in [-0.4, -0.2) is 30.2 Å². The number of halogens is 1. The Kier molecular flexibility index (Phi) is 4.08. The monoisotopic (exact) mass is 312 g/mol.